The molecule has 0 heterocycles. The van der Waals surface area contributed by atoms with E-state index in [-0.39, 0.29) is 5.02 Å². The van der Waals surface area contributed by atoms with E-state index in [4.69, 9.17) is 11.6 Å². The first-order chi connectivity index (χ1) is 6.82. The van der Waals surface area contributed by atoms with E-state index in [0.717, 1.165) is 13.0 Å². The molecule has 0 aliphatic rings. The fourth-order valence-corrected chi connectivity index (χ4v) is 1.29. The highest BCUT2D eigenvalue weighted by atomic mass is 35.5. The minimum Gasteiger partial charge on any atom is -0.325 e. The highest BCUT2D eigenvalue weighted by Crippen LogP contribution is 2.38. The van der Waals surface area contributed by atoms with Gasteiger partial charge < -0.3 is 5.32 Å². The lowest BCUT2D eigenvalue weighted by Gasteiger charge is -2.13. The van der Waals surface area contributed by atoms with Gasteiger partial charge in [0, 0.05) is 6.92 Å². The maximum Gasteiger partial charge on any atom is 0.418 e. The Labute approximate surface area is 89.0 Å². The van der Waals surface area contributed by atoms with Crippen molar-refractivity contribution in [2.75, 3.05) is 5.32 Å². The van der Waals surface area contributed by atoms with Gasteiger partial charge in [0.15, 0.2) is 0 Å². The van der Waals surface area contributed by atoms with Crippen molar-refractivity contribution >= 4 is 23.2 Å². The molecule has 1 amide bonds. The van der Waals surface area contributed by atoms with Crippen molar-refractivity contribution in [1.82, 2.24) is 0 Å². The van der Waals surface area contributed by atoms with Crippen LogP contribution < -0.4 is 5.32 Å². The molecule has 1 aromatic rings. The predicted octanol–water partition coefficient (Wildman–Crippen LogP) is 3.32. The number of anilines is 1. The first-order valence-electron chi connectivity index (χ1n) is 3.95. The smallest absolute Gasteiger partial charge is 0.325 e. The van der Waals surface area contributed by atoms with E-state index in [9.17, 15) is 18.0 Å². The van der Waals surface area contributed by atoms with Crippen molar-refractivity contribution in [3.05, 3.63) is 28.8 Å². The van der Waals surface area contributed by atoms with E-state index in [0.29, 0.717) is 0 Å². The third-order valence-corrected chi connectivity index (χ3v) is 1.94. The van der Waals surface area contributed by atoms with Crippen LogP contribution in [0.1, 0.15) is 12.5 Å². The highest BCUT2D eigenvalue weighted by Gasteiger charge is 2.34. The summed E-state index contributed by atoms with van der Waals surface area (Å²) in [5.41, 5.74) is -1.36. The van der Waals surface area contributed by atoms with Gasteiger partial charge in [-0.15, -0.1) is 0 Å². The Morgan fingerprint density at radius 3 is 2.47 bits per heavy atom. The van der Waals surface area contributed by atoms with E-state index < -0.39 is 23.3 Å². The number of para-hydroxylation sites is 1. The molecule has 82 valence electrons. The van der Waals surface area contributed by atoms with Crippen LogP contribution in [0.15, 0.2) is 18.2 Å². The molecule has 0 aliphatic heterocycles. The lowest BCUT2D eigenvalue weighted by molar-refractivity contribution is -0.137. The summed E-state index contributed by atoms with van der Waals surface area (Å²) in [6.07, 6.45) is -4.54. The van der Waals surface area contributed by atoms with E-state index in [1.54, 1.807) is 0 Å². The zero-order valence-electron chi connectivity index (χ0n) is 7.65. The Bertz CT molecular complexity index is 389. The summed E-state index contributed by atoms with van der Waals surface area (Å²) in [4.78, 5) is 10.7. The van der Waals surface area contributed by atoms with Crippen molar-refractivity contribution < 1.29 is 18.0 Å². The zero-order valence-corrected chi connectivity index (χ0v) is 8.41. The molecule has 0 fully saturated rings. The number of amides is 1. The fourth-order valence-electron chi connectivity index (χ4n) is 1.06. The first kappa shape index (κ1) is 11.8. The van der Waals surface area contributed by atoms with Gasteiger partial charge >= 0.3 is 6.18 Å². The highest BCUT2D eigenvalue weighted by molar-refractivity contribution is 6.33. The predicted molar refractivity (Wildman–Crippen MR) is 50.8 cm³/mol. The molecular weight excluding hydrogens is 231 g/mol. The number of carbonyl (C=O) groups is 1. The van der Waals surface area contributed by atoms with Gasteiger partial charge in [0.25, 0.3) is 0 Å². The standard InChI is InChI=1S/C9H7ClF3NO/c1-5(15)14-8-6(9(11,12)13)3-2-4-7(8)10/h2-4H,1H3,(H,14,15). The number of alkyl halides is 3. The average Bonchev–Trinajstić information content (AvgIpc) is 2.05. The number of hydrogen-bond acceptors (Lipinski definition) is 1. The molecule has 15 heavy (non-hydrogen) atoms. The molecule has 6 heteroatoms. The Morgan fingerprint density at radius 1 is 1.40 bits per heavy atom. The average molecular weight is 238 g/mol. The second kappa shape index (κ2) is 4.10. The third-order valence-electron chi connectivity index (χ3n) is 1.62. The second-order valence-corrected chi connectivity index (χ2v) is 3.25. The van der Waals surface area contributed by atoms with Gasteiger partial charge in [-0.1, -0.05) is 17.7 Å². The first-order valence-corrected chi connectivity index (χ1v) is 4.33. The summed E-state index contributed by atoms with van der Waals surface area (Å²) in [6, 6.07) is 3.32. The maximum atomic E-state index is 12.5. The summed E-state index contributed by atoms with van der Waals surface area (Å²) in [5, 5.41) is 1.92. The molecular formula is C9H7ClF3NO. The van der Waals surface area contributed by atoms with E-state index >= 15 is 0 Å². The molecule has 0 saturated heterocycles. The number of carbonyl (C=O) groups excluding carboxylic acids is 1. The van der Waals surface area contributed by atoms with Crippen molar-refractivity contribution in [3.8, 4) is 0 Å². The second-order valence-electron chi connectivity index (χ2n) is 2.84. The summed E-state index contributed by atoms with van der Waals surface area (Å²) >= 11 is 5.56. The normalized spacial score (nSPS) is 11.3. The quantitative estimate of drug-likeness (QED) is 0.798. The van der Waals surface area contributed by atoms with Crippen LogP contribution in [0.2, 0.25) is 5.02 Å². The van der Waals surface area contributed by atoms with Gasteiger partial charge in [0.05, 0.1) is 16.3 Å². The minimum atomic E-state index is -4.54. The van der Waals surface area contributed by atoms with Crippen LogP contribution in [0.25, 0.3) is 0 Å². The molecule has 0 unspecified atom stereocenters. The van der Waals surface area contributed by atoms with Crippen molar-refractivity contribution in [3.63, 3.8) is 0 Å². The number of hydrogen-bond donors (Lipinski definition) is 1. The molecule has 1 N–H and O–H groups in total. The van der Waals surface area contributed by atoms with Gasteiger partial charge in [-0.05, 0) is 12.1 Å². The van der Waals surface area contributed by atoms with Crippen LogP contribution in [0, 0.1) is 0 Å². The zero-order chi connectivity index (χ0) is 11.6. The van der Waals surface area contributed by atoms with Crippen molar-refractivity contribution in [2.24, 2.45) is 0 Å². The van der Waals surface area contributed by atoms with Gasteiger partial charge in [-0.25, -0.2) is 0 Å². The maximum absolute atomic E-state index is 12.5. The van der Waals surface area contributed by atoms with E-state index in [1.807, 2.05) is 0 Å². The largest absolute Gasteiger partial charge is 0.418 e. The van der Waals surface area contributed by atoms with Gasteiger partial charge in [0.2, 0.25) is 5.91 Å². The van der Waals surface area contributed by atoms with Gasteiger partial charge in [0.1, 0.15) is 0 Å². The molecule has 0 radical (unpaired) electrons. The summed E-state index contributed by atoms with van der Waals surface area (Å²) in [7, 11) is 0. The topological polar surface area (TPSA) is 29.1 Å². The van der Waals surface area contributed by atoms with Crippen LogP contribution in [0.5, 0.6) is 0 Å². The summed E-state index contributed by atoms with van der Waals surface area (Å²) < 4.78 is 37.4. The molecule has 0 atom stereocenters. The molecule has 2 nitrogen and oxygen atoms in total. The molecule has 0 spiro atoms. The van der Waals surface area contributed by atoms with Crippen molar-refractivity contribution in [1.29, 1.82) is 0 Å². The van der Waals surface area contributed by atoms with Gasteiger partial charge in [-0.3, -0.25) is 4.79 Å². The fraction of sp³-hybridized carbons (Fsp3) is 0.222. The molecule has 0 saturated carbocycles. The third kappa shape index (κ3) is 2.86. The Balaban J connectivity index is 3.26. The number of halogens is 4. The Hall–Kier alpha value is -1.23. The molecule has 0 aromatic heterocycles. The van der Waals surface area contributed by atoms with E-state index in [1.165, 1.54) is 12.1 Å². The summed E-state index contributed by atoms with van der Waals surface area (Å²) in [6.45, 7) is 1.11. The molecule has 1 rings (SSSR count). The lowest BCUT2D eigenvalue weighted by atomic mass is 10.1. The van der Waals surface area contributed by atoms with Gasteiger partial charge in [-0.2, -0.15) is 13.2 Å². The monoisotopic (exact) mass is 237 g/mol. The number of rotatable bonds is 1. The number of nitrogens with one attached hydrogen (secondary N) is 1. The van der Waals surface area contributed by atoms with Crippen LogP contribution >= 0.6 is 11.6 Å². The Morgan fingerprint density at radius 2 is 2.00 bits per heavy atom. The van der Waals surface area contributed by atoms with Crippen LogP contribution in [-0.2, 0) is 11.0 Å². The van der Waals surface area contributed by atoms with Crippen LogP contribution in [-0.4, -0.2) is 5.91 Å². The molecule has 0 aliphatic carbocycles. The summed E-state index contributed by atoms with van der Waals surface area (Å²) in [5.74, 6) is -0.603. The Kier molecular flexibility index (Phi) is 3.24. The lowest BCUT2D eigenvalue weighted by Crippen LogP contribution is -2.14. The SMILES string of the molecule is CC(=O)Nc1c(Cl)cccc1C(F)(F)F. The minimum absolute atomic E-state index is 0.139. The number of benzene rings is 1. The van der Waals surface area contributed by atoms with Crippen LogP contribution in [0.3, 0.4) is 0 Å². The van der Waals surface area contributed by atoms with E-state index in [2.05, 4.69) is 5.32 Å². The molecule has 0 bridgehead atoms. The van der Waals surface area contributed by atoms with Crippen molar-refractivity contribution in [2.45, 2.75) is 13.1 Å². The van der Waals surface area contributed by atoms with Crippen LogP contribution in [0.4, 0.5) is 18.9 Å². The molecule has 1 aromatic carbocycles.